The summed E-state index contributed by atoms with van der Waals surface area (Å²) in [7, 11) is 1.57. The normalized spacial score (nSPS) is 11.8. The highest BCUT2D eigenvalue weighted by molar-refractivity contribution is 7.92. The Balaban J connectivity index is 2.06. The van der Waals surface area contributed by atoms with Crippen LogP contribution in [0.1, 0.15) is 5.69 Å². The monoisotopic (exact) mass is 335 g/mol. The Morgan fingerprint density at radius 3 is 2.57 bits per heavy atom. The van der Waals surface area contributed by atoms with Crippen LogP contribution in [0, 0.1) is 6.92 Å². The molecule has 0 aliphatic rings. The molecule has 9 nitrogen and oxygen atoms in total. The molecule has 0 radical (unpaired) electrons. The summed E-state index contributed by atoms with van der Waals surface area (Å²) in [5, 5.41) is 8.21. The van der Waals surface area contributed by atoms with Crippen LogP contribution in [0.25, 0.3) is 5.65 Å². The van der Waals surface area contributed by atoms with E-state index in [2.05, 4.69) is 19.9 Å². The van der Waals surface area contributed by atoms with Gasteiger partial charge in [0.15, 0.2) is 10.7 Å². The van der Waals surface area contributed by atoms with Crippen LogP contribution in [0.3, 0.4) is 0 Å². The summed E-state index contributed by atoms with van der Waals surface area (Å²) in [5.74, 6) is 0.925. The molecule has 3 heterocycles. The summed E-state index contributed by atoms with van der Waals surface area (Å²) >= 11 is 0. The molecule has 10 heteroatoms. The van der Waals surface area contributed by atoms with Gasteiger partial charge in [-0.1, -0.05) is 0 Å². The summed E-state index contributed by atoms with van der Waals surface area (Å²) < 4.78 is 30.3. The Kier molecular flexibility index (Phi) is 3.48. The number of rotatable bonds is 4. The maximum atomic E-state index is 12.4. The minimum absolute atomic E-state index is 0.0576. The van der Waals surface area contributed by atoms with Crippen molar-refractivity contribution in [2.45, 2.75) is 11.9 Å². The second-order valence-corrected chi connectivity index (χ2v) is 7.01. The minimum Gasteiger partial charge on any atom is -0.363 e. The molecule has 3 rings (SSSR count). The summed E-state index contributed by atoms with van der Waals surface area (Å²) in [6, 6.07) is 4.84. The lowest BCUT2D eigenvalue weighted by molar-refractivity contribution is 0.593. The first-order valence-electron chi connectivity index (χ1n) is 6.83. The van der Waals surface area contributed by atoms with Gasteiger partial charge in [0.2, 0.25) is 0 Å². The Morgan fingerprint density at radius 2 is 1.96 bits per heavy atom. The van der Waals surface area contributed by atoms with Gasteiger partial charge < -0.3 is 4.90 Å². The molecule has 0 bridgehead atoms. The fraction of sp³-hybridized carbons (Fsp3) is 0.308. The molecule has 0 aromatic carbocycles. The number of nitrogens with one attached hydrogen (secondary N) is 1. The molecule has 0 unspecified atom stereocenters. The number of fused-ring (bicyclic) bond motifs is 1. The predicted molar refractivity (Wildman–Crippen MR) is 86.1 cm³/mol. The van der Waals surface area contributed by atoms with E-state index >= 15 is 0 Å². The average molecular weight is 335 g/mol. The third-order valence-corrected chi connectivity index (χ3v) is 4.44. The van der Waals surface area contributed by atoms with E-state index in [1.54, 1.807) is 29.9 Å². The van der Waals surface area contributed by atoms with E-state index in [0.29, 0.717) is 11.5 Å². The van der Waals surface area contributed by atoms with E-state index < -0.39 is 10.0 Å². The number of hydrogen-bond acceptors (Lipinski definition) is 6. The third kappa shape index (κ3) is 2.84. The average Bonchev–Trinajstić information content (AvgIpc) is 3.02. The highest BCUT2D eigenvalue weighted by atomic mass is 32.2. The summed E-state index contributed by atoms with van der Waals surface area (Å²) in [5.41, 5.74) is 1.36. The number of anilines is 2. The van der Waals surface area contributed by atoms with Gasteiger partial charge in [0.1, 0.15) is 11.6 Å². The maximum absolute atomic E-state index is 12.4. The van der Waals surface area contributed by atoms with Crippen molar-refractivity contribution in [2.24, 2.45) is 7.05 Å². The van der Waals surface area contributed by atoms with Crippen LogP contribution in [0.2, 0.25) is 0 Å². The standard InChI is InChI=1S/C13H17N7O2S/c1-9-7-11-14-10(8-13(18(2)3)20(11)15-9)17-23(21,22)12-5-6-19(4)16-12/h5-8H,1-4H3,(H,14,17). The van der Waals surface area contributed by atoms with E-state index in [-0.39, 0.29) is 10.8 Å². The van der Waals surface area contributed by atoms with Crippen molar-refractivity contribution < 1.29 is 8.42 Å². The van der Waals surface area contributed by atoms with Gasteiger partial charge in [0.25, 0.3) is 10.0 Å². The molecule has 0 atom stereocenters. The van der Waals surface area contributed by atoms with Gasteiger partial charge >= 0.3 is 0 Å². The molecule has 122 valence electrons. The van der Waals surface area contributed by atoms with Gasteiger partial charge in [-0.05, 0) is 13.0 Å². The SMILES string of the molecule is Cc1cc2nc(NS(=O)(=O)c3ccn(C)n3)cc(N(C)C)n2n1. The van der Waals surface area contributed by atoms with Crippen molar-refractivity contribution in [1.29, 1.82) is 0 Å². The van der Waals surface area contributed by atoms with Gasteiger partial charge in [0, 0.05) is 39.5 Å². The fourth-order valence-electron chi connectivity index (χ4n) is 2.17. The third-order valence-electron chi connectivity index (χ3n) is 3.19. The highest BCUT2D eigenvalue weighted by Gasteiger charge is 2.19. The Hall–Kier alpha value is -2.62. The summed E-state index contributed by atoms with van der Waals surface area (Å²) in [6.07, 6.45) is 1.57. The lowest BCUT2D eigenvalue weighted by Crippen LogP contribution is -2.18. The van der Waals surface area contributed by atoms with Crippen LogP contribution in [-0.2, 0) is 17.1 Å². The van der Waals surface area contributed by atoms with Crippen LogP contribution in [-0.4, -0.2) is 46.9 Å². The zero-order valence-electron chi connectivity index (χ0n) is 13.2. The number of sulfonamides is 1. The molecule has 3 aromatic rings. The smallest absolute Gasteiger partial charge is 0.282 e. The molecule has 3 aromatic heterocycles. The van der Waals surface area contributed by atoms with Gasteiger partial charge in [-0.15, -0.1) is 0 Å². The summed E-state index contributed by atoms with van der Waals surface area (Å²) in [4.78, 5) is 6.14. The zero-order chi connectivity index (χ0) is 16.8. The number of nitrogens with zero attached hydrogens (tertiary/aromatic N) is 6. The van der Waals surface area contributed by atoms with Crippen molar-refractivity contribution in [1.82, 2.24) is 24.4 Å². The predicted octanol–water partition coefficient (Wildman–Crippen LogP) is 0.638. The van der Waals surface area contributed by atoms with Crippen LogP contribution in [0.5, 0.6) is 0 Å². The molecule has 0 aliphatic heterocycles. The minimum atomic E-state index is -3.79. The molecule has 23 heavy (non-hydrogen) atoms. The van der Waals surface area contributed by atoms with Crippen molar-refractivity contribution in [2.75, 3.05) is 23.7 Å². The van der Waals surface area contributed by atoms with Crippen LogP contribution in [0.4, 0.5) is 11.6 Å². The van der Waals surface area contributed by atoms with Gasteiger partial charge in [-0.25, -0.2) is 4.98 Å². The van der Waals surface area contributed by atoms with E-state index in [1.807, 2.05) is 25.9 Å². The van der Waals surface area contributed by atoms with Crippen LogP contribution >= 0.6 is 0 Å². The van der Waals surface area contributed by atoms with E-state index in [9.17, 15) is 8.42 Å². The lowest BCUT2D eigenvalue weighted by atomic mass is 10.4. The zero-order valence-corrected chi connectivity index (χ0v) is 14.0. The number of hydrogen-bond donors (Lipinski definition) is 1. The lowest BCUT2D eigenvalue weighted by Gasteiger charge is -2.15. The molecule has 0 aliphatic carbocycles. The molecule has 0 saturated carbocycles. The molecule has 0 spiro atoms. The van der Waals surface area contributed by atoms with Crippen molar-refractivity contribution in [3.63, 3.8) is 0 Å². The maximum Gasteiger partial charge on any atom is 0.282 e. The number of aromatic nitrogens is 5. The first kappa shape index (κ1) is 15.3. The second kappa shape index (κ2) is 5.23. The van der Waals surface area contributed by atoms with Crippen LogP contribution in [0.15, 0.2) is 29.4 Å². The Morgan fingerprint density at radius 1 is 1.22 bits per heavy atom. The first-order valence-corrected chi connectivity index (χ1v) is 8.32. The second-order valence-electron chi connectivity index (χ2n) is 5.38. The fourth-order valence-corrected chi connectivity index (χ4v) is 3.13. The molecule has 1 N–H and O–H groups in total. The van der Waals surface area contributed by atoms with Crippen molar-refractivity contribution >= 4 is 27.3 Å². The van der Waals surface area contributed by atoms with E-state index in [1.165, 1.54) is 10.7 Å². The van der Waals surface area contributed by atoms with Crippen molar-refractivity contribution in [3.8, 4) is 0 Å². The number of aryl methyl sites for hydroxylation is 2. The Bertz CT molecular complexity index is 972. The molecular formula is C13H17N7O2S. The Labute approximate surface area is 133 Å². The molecular weight excluding hydrogens is 318 g/mol. The molecule has 0 amide bonds. The topological polar surface area (TPSA) is 97.4 Å². The molecule has 0 fully saturated rings. The van der Waals surface area contributed by atoms with Crippen molar-refractivity contribution in [3.05, 3.63) is 30.1 Å². The van der Waals surface area contributed by atoms with Gasteiger partial charge in [0.05, 0.1) is 5.69 Å². The highest BCUT2D eigenvalue weighted by Crippen LogP contribution is 2.21. The largest absolute Gasteiger partial charge is 0.363 e. The summed E-state index contributed by atoms with van der Waals surface area (Å²) in [6.45, 7) is 1.85. The van der Waals surface area contributed by atoms with Gasteiger partial charge in [-0.3, -0.25) is 9.40 Å². The van der Waals surface area contributed by atoms with Gasteiger partial charge in [-0.2, -0.15) is 23.1 Å². The first-order chi connectivity index (χ1) is 10.8. The van der Waals surface area contributed by atoms with E-state index in [4.69, 9.17) is 0 Å². The quantitative estimate of drug-likeness (QED) is 0.751. The molecule has 0 saturated heterocycles. The van der Waals surface area contributed by atoms with E-state index in [0.717, 1.165) is 5.69 Å². The van der Waals surface area contributed by atoms with Crippen LogP contribution < -0.4 is 9.62 Å².